The third kappa shape index (κ3) is 19.0. The fourth-order valence-electron chi connectivity index (χ4n) is 4.06. The van der Waals surface area contributed by atoms with Gasteiger partial charge in [-0.15, -0.1) is 0 Å². The van der Waals surface area contributed by atoms with Gasteiger partial charge >= 0.3 is 13.6 Å². The van der Waals surface area contributed by atoms with Gasteiger partial charge in [-0.1, -0.05) is 129 Å². The predicted octanol–water partition coefficient (Wildman–Crippen LogP) is 9.63. The van der Waals surface area contributed by atoms with Crippen molar-refractivity contribution in [2.45, 2.75) is 142 Å². The molecule has 0 fully saturated rings. The van der Waals surface area contributed by atoms with E-state index in [4.69, 9.17) is 9.05 Å². The molecule has 1 N–H and O–H groups in total. The second-order valence-corrected chi connectivity index (χ2v) is 11.5. The molecule has 0 aromatic rings. The third-order valence-corrected chi connectivity index (χ3v) is 8.26. The Morgan fingerprint density at radius 3 is 1.23 bits per heavy atom. The van der Waals surface area contributed by atoms with Gasteiger partial charge in [0.2, 0.25) is 0 Å². The van der Waals surface area contributed by atoms with Gasteiger partial charge < -0.3 is 18.9 Å². The third-order valence-electron chi connectivity index (χ3n) is 6.33. The molecule has 0 saturated carbocycles. The molecule has 208 valence electrons. The molecule has 35 heavy (non-hydrogen) atoms. The zero-order valence-corrected chi connectivity index (χ0v) is 24.0. The molecule has 0 saturated heterocycles. The van der Waals surface area contributed by atoms with E-state index in [-0.39, 0.29) is 13.2 Å². The van der Waals surface area contributed by atoms with Crippen LogP contribution in [0, 0.1) is 0 Å². The number of ether oxygens (including phenoxy) is 1. The van der Waals surface area contributed by atoms with Crippen LogP contribution < -0.4 is 0 Å². The fraction of sp³-hybridized carbons (Fsp3) is 0.893. The number of carbonyl (C=O) groups excluding carboxylic acids is 1. The van der Waals surface area contributed by atoms with Gasteiger partial charge in [-0.2, -0.15) is 0 Å². The lowest BCUT2D eigenvalue weighted by molar-refractivity contribution is -0.135. The fourth-order valence-corrected chi connectivity index (χ4v) is 5.61. The molecule has 0 atom stereocenters. The van der Waals surface area contributed by atoms with E-state index in [9.17, 15) is 14.5 Å². The maximum Gasteiger partial charge on any atom is 0.371 e. The summed E-state index contributed by atoms with van der Waals surface area (Å²) in [6, 6.07) is 0. The van der Waals surface area contributed by atoms with Crippen molar-refractivity contribution in [2.75, 3.05) is 20.3 Å². The Hall–Kier alpha value is -0.840. The summed E-state index contributed by atoms with van der Waals surface area (Å²) in [4.78, 5) is 12.0. The van der Waals surface area contributed by atoms with Gasteiger partial charge in [0.05, 0.1) is 20.3 Å². The molecule has 0 aliphatic carbocycles. The molecule has 0 aliphatic rings. The summed E-state index contributed by atoms with van der Waals surface area (Å²) in [6.45, 7) is 4.91. The predicted molar refractivity (Wildman–Crippen MR) is 146 cm³/mol. The molecule has 0 aliphatic heterocycles. The van der Waals surface area contributed by atoms with Gasteiger partial charge in [0.25, 0.3) is 0 Å². The number of hydrogen-bond donors (Lipinski definition) is 1. The number of unbranched alkanes of at least 4 members (excludes halogenated alkanes) is 18. The monoisotopic (exact) mass is 518 g/mol. The molecule has 7 heteroatoms. The molecular formula is C28H55O6P. The van der Waals surface area contributed by atoms with Crippen molar-refractivity contribution in [1.29, 1.82) is 0 Å². The standard InChI is InChI=1S/C28H55O6P/c1-4-6-8-10-12-14-16-18-20-22-24-33-35(31,27(26-29)28(30)32-3)34-25-23-21-19-17-15-13-11-9-7-5-2/h26,29H,4-25H2,1-3H3/b27-26-. The van der Waals surface area contributed by atoms with E-state index in [0.717, 1.165) is 38.5 Å². The maximum atomic E-state index is 13.3. The van der Waals surface area contributed by atoms with Crippen LogP contribution in [-0.2, 0) is 23.1 Å². The normalized spacial score (nSPS) is 12.3. The summed E-state index contributed by atoms with van der Waals surface area (Å²) >= 11 is 0. The zero-order valence-electron chi connectivity index (χ0n) is 23.1. The summed E-state index contributed by atoms with van der Waals surface area (Å²) in [5, 5.41) is 9.09. The van der Waals surface area contributed by atoms with Crippen LogP contribution in [0.3, 0.4) is 0 Å². The Labute approximate surface area is 216 Å². The SMILES string of the molecule is CCCCCCCCCCCCOP(=O)(OCCCCCCCCCCCC)/C(=C\O)C(=O)OC. The zero-order chi connectivity index (χ0) is 26.0. The van der Waals surface area contributed by atoms with Crippen molar-refractivity contribution in [2.24, 2.45) is 0 Å². The van der Waals surface area contributed by atoms with Crippen LogP contribution in [0.25, 0.3) is 0 Å². The summed E-state index contributed by atoms with van der Waals surface area (Å²) in [5.41, 5.74) is 0. The minimum atomic E-state index is -3.92. The van der Waals surface area contributed by atoms with Crippen LogP contribution >= 0.6 is 7.60 Å². The van der Waals surface area contributed by atoms with E-state index >= 15 is 0 Å². The molecule has 0 radical (unpaired) electrons. The van der Waals surface area contributed by atoms with Crippen molar-refractivity contribution in [3.05, 3.63) is 11.6 Å². The second-order valence-electron chi connectivity index (χ2n) is 9.53. The highest BCUT2D eigenvalue weighted by molar-refractivity contribution is 7.59. The summed E-state index contributed by atoms with van der Waals surface area (Å²) < 4.78 is 29.1. The smallest absolute Gasteiger partial charge is 0.371 e. The Bertz CT molecular complexity index is 534. The van der Waals surface area contributed by atoms with E-state index in [2.05, 4.69) is 18.6 Å². The Balaban J connectivity index is 4.21. The van der Waals surface area contributed by atoms with Crippen LogP contribution in [0.15, 0.2) is 11.6 Å². The van der Waals surface area contributed by atoms with Gasteiger partial charge in [-0.25, -0.2) is 4.79 Å². The maximum absolute atomic E-state index is 13.3. The van der Waals surface area contributed by atoms with Crippen LogP contribution in [0.4, 0.5) is 0 Å². The van der Waals surface area contributed by atoms with E-state index in [1.807, 2.05) is 0 Å². The van der Waals surface area contributed by atoms with E-state index in [1.165, 1.54) is 97.0 Å². The number of aliphatic hydroxyl groups is 1. The summed E-state index contributed by atoms with van der Waals surface area (Å²) in [5.74, 6) is -0.887. The first kappa shape index (κ1) is 34.2. The highest BCUT2D eigenvalue weighted by Gasteiger charge is 2.36. The topological polar surface area (TPSA) is 82.1 Å². The molecule has 0 bridgehead atoms. The average Bonchev–Trinajstić information content (AvgIpc) is 2.86. The lowest BCUT2D eigenvalue weighted by Crippen LogP contribution is -2.11. The van der Waals surface area contributed by atoms with Crippen molar-refractivity contribution < 1.29 is 28.3 Å². The molecule has 0 unspecified atom stereocenters. The summed E-state index contributed by atoms with van der Waals surface area (Å²) in [7, 11) is -2.74. The Kier molecular flexibility index (Phi) is 24.2. The van der Waals surface area contributed by atoms with Gasteiger partial charge in [0.15, 0.2) is 5.31 Å². The first-order valence-corrected chi connectivity index (χ1v) is 15.9. The van der Waals surface area contributed by atoms with Gasteiger partial charge in [-0.05, 0) is 12.8 Å². The average molecular weight is 519 g/mol. The van der Waals surface area contributed by atoms with Crippen molar-refractivity contribution in [1.82, 2.24) is 0 Å². The van der Waals surface area contributed by atoms with E-state index < -0.39 is 18.9 Å². The molecule has 0 rings (SSSR count). The number of hydrogen-bond acceptors (Lipinski definition) is 6. The van der Waals surface area contributed by atoms with E-state index in [1.54, 1.807) is 0 Å². The van der Waals surface area contributed by atoms with Crippen molar-refractivity contribution in [3.63, 3.8) is 0 Å². The van der Waals surface area contributed by atoms with Crippen molar-refractivity contribution >= 4 is 13.6 Å². The molecule has 0 aromatic heterocycles. The van der Waals surface area contributed by atoms with Crippen molar-refractivity contribution in [3.8, 4) is 0 Å². The highest BCUT2D eigenvalue weighted by Crippen LogP contribution is 2.56. The number of esters is 1. The molecule has 0 heterocycles. The summed E-state index contributed by atoms with van der Waals surface area (Å²) in [6.07, 6.45) is 24.2. The number of methoxy groups -OCH3 is 1. The number of carbonyl (C=O) groups is 1. The molecule has 0 spiro atoms. The molecule has 6 nitrogen and oxygen atoms in total. The first-order valence-electron chi connectivity index (χ1n) is 14.4. The lowest BCUT2D eigenvalue weighted by atomic mass is 10.1. The highest BCUT2D eigenvalue weighted by atomic mass is 31.2. The Morgan fingerprint density at radius 1 is 0.629 bits per heavy atom. The minimum Gasteiger partial charge on any atom is -0.514 e. The quantitative estimate of drug-likeness (QED) is 0.0403. The largest absolute Gasteiger partial charge is 0.514 e. The molecule has 0 amide bonds. The number of aliphatic hydroxyl groups excluding tert-OH is 1. The lowest BCUT2D eigenvalue weighted by Gasteiger charge is -2.19. The van der Waals surface area contributed by atoms with Crippen LogP contribution in [0.1, 0.15) is 142 Å². The van der Waals surface area contributed by atoms with Gasteiger partial charge in [-0.3, -0.25) is 4.57 Å². The minimum absolute atomic E-state index is 0.222. The Morgan fingerprint density at radius 2 is 0.943 bits per heavy atom. The second kappa shape index (κ2) is 24.8. The first-order chi connectivity index (χ1) is 17.1. The van der Waals surface area contributed by atoms with Gasteiger partial charge in [0, 0.05) is 0 Å². The number of rotatable bonds is 26. The molecule has 0 aromatic carbocycles. The van der Waals surface area contributed by atoms with E-state index in [0.29, 0.717) is 6.26 Å². The van der Waals surface area contributed by atoms with Crippen LogP contribution in [0.2, 0.25) is 0 Å². The van der Waals surface area contributed by atoms with Crippen LogP contribution in [-0.4, -0.2) is 31.4 Å². The van der Waals surface area contributed by atoms with Gasteiger partial charge in [0.1, 0.15) is 6.26 Å². The molecular weight excluding hydrogens is 463 g/mol. The van der Waals surface area contributed by atoms with Crippen LogP contribution in [0.5, 0.6) is 0 Å².